The second-order valence-electron chi connectivity index (χ2n) is 7.23. The molecule has 4 rings (SSSR count). The first-order valence-corrected chi connectivity index (χ1v) is 9.13. The summed E-state index contributed by atoms with van der Waals surface area (Å²) >= 11 is 5.96. The third kappa shape index (κ3) is 3.24. The summed E-state index contributed by atoms with van der Waals surface area (Å²) in [5, 5.41) is 2.55. The van der Waals surface area contributed by atoms with Crippen LogP contribution in [-0.2, 0) is 11.0 Å². The van der Waals surface area contributed by atoms with Gasteiger partial charge in [-0.25, -0.2) is 0 Å². The Balaban J connectivity index is 1.51. The molecule has 0 unspecified atom stereocenters. The molecule has 0 radical (unpaired) electrons. The summed E-state index contributed by atoms with van der Waals surface area (Å²) in [5.74, 6) is -0.164. The first kappa shape index (κ1) is 18.8. The maximum Gasteiger partial charge on any atom is 0.417 e. The van der Waals surface area contributed by atoms with Crippen molar-refractivity contribution >= 4 is 23.4 Å². The normalized spacial score (nSPS) is 18.1. The lowest BCUT2D eigenvalue weighted by atomic mass is 9.87. The van der Waals surface area contributed by atoms with E-state index in [1.165, 1.54) is 12.1 Å². The van der Waals surface area contributed by atoms with Crippen molar-refractivity contribution in [2.24, 2.45) is 0 Å². The Bertz CT molecular complexity index is 951. The molecule has 2 aromatic carbocycles. The monoisotopic (exact) mass is 408 g/mol. The number of alkyl halides is 3. The van der Waals surface area contributed by atoms with E-state index in [1.807, 2.05) is 0 Å². The predicted octanol–water partition coefficient (Wildman–Crippen LogP) is 4.13. The van der Waals surface area contributed by atoms with E-state index in [0.29, 0.717) is 30.6 Å². The van der Waals surface area contributed by atoms with E-state index in [0.717, 1.165) is 12.5 Å². The molecule has 1 N–H and O–H groups in total. The molecular weight excluding hydrogens is 393 g/mol. The Hall–Kier alpha value is -2.54. The van der Waals surface area contributed by atoms with Crippen LogP contribution in [0.2, 0.25) is 5.02 Å². The van der Waals surface area contributed by atoms with Crippen molar-refractivity contribution in [1.82, 2.24) is 10.2 Å². The van der Waals surface area contributed by atoms with Gasteiger partial charge in [-0.1, -0.05) is 35.9 Å². The van der Waals surface area contributed by atoms with Crippen LogP contribution < -0.4 is 5.32 Å². The number of carbonyl (C=O) groups is 2. The van der Waals surface area contributed by atoms with Crippen LogP contribution in [0.5, 0.6) is 0 Å². The Labute approximate surface area is 164 Å². The second kappa shape index (κ2) is 6.51. The highest BCUT2D eigenvalue weighted by molar-refractivity contribution is 6.34. The molecule has 0 aliphatic carbocycles. The van der Waals surface area contributed by atoms with Gasteiger partial charge >= 0.3 is 6.18 Å². The van der Waals surface area contributed by atoms with Gasteiger partial charge in [-0.3, -0.25) is 9.59 Å². The van der Waals surface area contributed by atoms with Crippen LogP contribution in [0.1, 0.15) is 28.8 Å². The Morgan fingerprint density at radius 3 is 2.36 bits per heavy atom. The van der Waals surface area contributed by atoms with Gasteiger partial charge in [-0.05, 0) is 30.2 Å². The maximum atomic E-state index is 13.0. The fourth-order valence-electron chi connectivity index (χ4n) is 3.79. The minimum Gasteiger partial charge on any atom is -0.347 e. The highest BCUT2D eigenvalue weighted by Gasteiger charge is 2.49. The van der Waals surface area contributed by atoms with E-state index in [4.69, 9.17) is 11.6 Å². The summed E-state index contributed by atoms with van der Waals surface area (Å²) in [6.07, 6.45) is -3.33. The first-order valence-electron chi connectivity index (χ1n) is 8.75. The summed E-state index contributed by atoms with van der Waals surface area (Å²) in [7, 11) is 0. The Morgan fingerprint density at radius 1 is 1.11 bits per heavy atom. The van der Waals surface area contributed by atoms with Gasteiger partial charge in [0.1, 0.15) is 0 Å². The van der Waals surface area contributed by atoms with Gasteiger partial charge in [-0.2, -0.15) is 13.2 Å². The number of hydrogen-bond acceptors (Lipinski definition) is 2. The Kier molecular flexibility index (Phi) is 4.38. The van der Waals surface area contributed by atoms with Gasteiger partial charge in [-0.15, -0.1) is 0 Å². The van der Waals surface area contributed by atoms with Gasteiger partial charge in [0.25, 0.3) is 5.91 Å². The molecule has 146 valence electrons. The summed E-state index contributed by atoms with van der Waals surface area (Å²) < 4.78 is 39.1. The van der Waals surface area contributed by atoms with E-state index >= 15 is 0 Å². The minimum atomic E-state index is -4.54. The number of rotatable bonds is 2. The topological polar surface area (TPSA) is 49.4 Å². The van der Waals surface area contributed by atoms with Crippen LogP contribution in [0.25, 0.3) is 11.1 Å². The molecule has 4 nitrogen and oxygen atoms in total. The quantitative estimate of drug-likeness (QED) is 0.812. The van der Waals surface area contributed by atoms with E-state index in [-0.39, 0.29) is 27.9 Å². The van der Waals surface area contributed by atoms with Gasteiger partial charge in [0, 0.05) is 30.6 Å². The van der Waals surface area contributed by atoms with Crippen molar-refractivity contribution in [2.45, 2.75) is 24.6 Å². The molecule has 0 aromatic heterocycles. The third-order valence-corrected chi connectivity index (χ3v) is 5.66. The zero-order chi connectivity index (χ0) is 20.1. The lowest BCUT2D eigenvalue weighted by molar-refractivity contribution is -0.137. The molecule has 2 aromatic rings. The molecular formula is C20H16ClF3N2O2. The Morgan fingerprint density at radius 2 is 1.79 bits per heavy atom. The average molecular weight is 409 g/mol. The number of hydrogen-bond donors (Lipinski definition) is 1. The number of nitrogens with zero attached hydrogens (tertiary/aromatic N) is 1. The number of nitrogens with one attached hydrogen (secondary N) is 1. The van der Waals surface area contributed by atoms with Crippen LogP contribution in [-0.4, -0.2) is 35.3 Å². The summed E-state index contributed by atoms with van der Waals surface area (Å²) in [4.78, 5) is 25.6. The van der Waals surface area contributed by atoms with E-state index in [1.54, 1.807) is 29.2 Å². The summed E-state index contributed by atoms with van der Waals surface area (Å²) in [6.45, 7) is 0.942. The number of carbonyl (C=O) groups excluding carboxylic acids is 2. The van der Waals surface area contributed by atoms with Crippen LogP contribution in [0.3, 0.4) is 0 Å². The fourth-order valence-corrected chi connectivity index (χ4v) is 4.13. The zero-order valence-electron chi connectivity index (χ0n) is 14.6. The minimum absolute atomic E-state index is 0.00872. The van der Waals surface area contributed by atoms with Crippen molar-refractivity contribution in [3.05, 3.63) is 58.6 Å². The standard InChI is InChI=1S/C20H16ClF3N2O2/c21-17-14(2-1-3-15(17)20(22,23)24)12-4-6-13(7-5-12)18(28)26-10-19(11-26)9-8-16(27)25-19/h1-7H,8-11H2,(H,25,27). The average Bonchev–Trinajstić information content (AvgIpc) is 3.01. The molecule has 8 heteroatoms. The molecule has 2 amide bonds. The molecule has 2 heterocycles. The molecule has 2 saturated heterocycles. The molecule has 2 fully saturated rings. The maximum absolute atomic E-state index is 13.0. The van der Waals surface area contributed by atoms with E-state index in [2.05, 4.69) is 5.32 Å². The second-order valence-corrected chi connectivity index (χ2v) is 7.61. The van der Waals surface area contributed by atoms with Gasteiger partial charge in [0.05, 0.1) is 16.1 Å². The van der Waals surface area contributed by atoms with Crippen molar-refractivity contribution in [3.63, 3.8) is 0 Å². The molecule has 0 atom stereocenters. The van der Waals surface area contributed by atoms with E-state index in [9.17, 15) is 22.8 Å². The number of halogens is 4. The third-order valence-electron chi connectivity index (χ3n) is 5.26. The van der Waals surface area contributed by atoms with Crippen molar-refractivity contribution in [3.8, 4) is 11.1 Å². The van der Waals surface area contributed by atoms with E-state index < -0.39 is 11.7 Å². The zero-order valence-corrected chi connectivity index (χ0v) is 15.4. The van der Waals surface area contributed by atoms with Crippen LogP contribution in [0.15, 0.2) is 42.5 Å². The SMILES string of the molecule is O=C1CCC2(CN(C(=O)c3ccc(-c4cccc(C(F)(F)F)c4Cl)cc3)C2)N1. The molecule has 1 spiro atoms. The number of amides is 2. The lowest BCUT2D eigenvalue weighted by Crippen LogP contribution is -2.68. The highest BCUT2D eigenvalue weighted by atomic mass is 35.5. The number of benzene rings is 2. The van der Waals surface area contributed by atoms with Crippen LogP contribution in [0.4, 0.5) is 13.2 Å². The van der Waals surface area contributed by atoms with Crippen LogP contribution in [0, 0.1) is 0 Å². The van der Waals surface area contributed by atoms with Gasteiger partial charge in [0.15, 0.2) is 0 Å². The largest absolute Gasteiger partial charge is 0.417 e. The van der Waals surface area contributed by atoms with Crippen molar-refractivity contribution in [2.75, 3.05) is 13.1 Å². The molecule has 28 heavy (non-hydrogen) atoms. The number of likely N-dealkylation sites (tertiary alicyclic amines) is 1. The van der Waals surface area contributed by atoms with Gasteiger partial charge in [0.2, 0.25) is 5.91 Å². The lowest BCUT2D eigenvalue weighted by Gasteiger charge is -2.47. The van der Waals surface area contributed by atoms with Crippen LogP contribution >= 0.6 is 11.6 Å². The highest BCUT2D eigenvalue weighted by Crippen LogP contribution is 2.40. The molecule has 0 saturated carbocycles. The van der Waals surface area contributed by atoms with Crippen molar-refractivity contribution < 1.29 is 22.8 Å². The molecule has 2 aliphatic heterocycles. The smallest absolute Gasteiger partial charge is 0.347 e. The van der Waals surface area contributed by atoms with Crippen molar-refractivity contribution in [1.29, 1.82) is 0 Å². The summed E-state index contributed by atoms with van der Waals surface area (Å²) in [5.41, 5.74) is 0.00305. The molecule has 0 bridgehead atoms. The fraction of sp³-hybridized carbons (Fsp3) is 0.300. The predicted molar refractivity (Wildman–Crippen MR) is 97.9 cm³/mol. The molecule has 2 aliphatic rings. The van der Waals surface area contributed by atoms with Gasteiger partial charge < -0.3 is 10.2 Å². The first-order chi connectivity index (χ1) is 13.2. The summed E-state index contributed by atoms with van der Waals surface area (Å²) in [6, 6.07) is 10.1.